The van der Waals surface area contributed by atoms with E-state index in [-0.39, 0.29) is 51.9 Å². The Labute approximate surface area is 195 Å². The SMILES string of the molecule is [2H]c1c([2H])c([2H])c(-c2nc(N)[n+]3c(=O)n(C[C@H]4CCCO4)[nH]c3c2-c2cc(Cl)nc(CO)c2)c([2H])c1[2H]. The van der Waals surface area contributed by atoms with Crippen LogP contribution in [-0.4, -0.2) is 37.6 Å². The highest BCUT2D eigenvalue weighted by molar-refractivity contribution is 6.29. The molecule has 0 saturated carbocycles. The van der Waals surface area contributed by atoms with Crippen molar-refractivity contribution >= 4 is 23.2 Å². The van der Waals surface area contributed by atoms with Gasteiger partial charge in [0.05, 0.1) is 30.8 Å². The van der Waals surface area contributed by atoms with Gasteiger partial charge in [0.25, 0.3) is 0 Å². The van der Waals surface area contributed by atoms with Crippen LogP contribution in [0.1, 0.15) is 25.4 Å². The molecule has 4 N–H and O–H groups in total. The van der Waals surface area contributed by atoms with E-state index >= 15 is 0 Å². The Morgan fingerprint density at radius 3 is 2.84 bits per heavy atom. The molecule has 1 fully saturated rings. The summed E-state index contributed by atoms with van der Waals surface area (Å²) >= 11 is 6.22. The van der Waals surface area contributed by atoms with Crippen molar-refractivity contribution in [1.29, 1.82) is 0 Å². The van der Waals surface area contributed by atoms with Gasteiger partial charge in [-0.1, -0.05) is 41.8 Å². The monoisotopic (exact) mass is 458 g/mol. The van der Waals surface area contributed by atoms with Gasteiger partial charge in [0.15, 0.2) is 0 Å². The number of rotatable bonds is 5. The molecule has 0 spiro atoms. The Bertz CT molecular complexity index is 1590. The fraction of sp³-hybridized carbons (Fsp3) is 0.273. The number of halogens is 1. The molecule has 32 heavy (non-hydrogen) atoms. The smallest absolute Gasteiger partial charge is 0.390 e. The van der Waals surface area contributed by atoms with E-state index in [1.54, 1.807) is 0 Å². The van der Waals surface area contributed by atoms with E-state index in [0.717, 1.165) is 17.2 Å². The average molecular weight is 459 g/mol. The second kappa shape index (κ2) is 8.34. The number of nitrogens with zero attached hydrogens (tertiary/aromatic N) is 4. The number of aliphatic hydroxyl groups excluding tert-OH is 1. The number of fused-ring (bicyclic) bond motifs is 1. The van der Waals surface area contributed by atoms with Gasteiger partial charge in [-0.3, -0.25) is 0 Å². The lowest BCUT2D eigenvalue weighted by Gasteiger charge is -2.10. The number of aromatic nitrogens is 5. The summed E-state index contributed by atoms with van der Waals surface area (Å²) in [7, 11) is 0. The summed E-state index contributed by atoms with van der Waals surface area (Å²) in [5.41, 5.74) is 6.31. The minimum atomic E-state index is -0.561. The van der Waals surface area contributed by atoms with Crippen molar-refractivity contribution < 1.29 is 21.1 Å². The highest BCUT2D eigenvalue weighted by Crippen LogP contribution is 2.34. The number of pyridine rings is 1. The number of nitrogens with one attached hydrogen (secondary N) is 1. The Morgan fingerprint density at radius 2 is 2.12 bits per heavy atom. The molecular weight excluding hydrogens is 432 g/mol. The number of benzene rings is 1. The van der Waals surface area contributed by atoms with Crippen LogP contribution < -0.4 is 15.8 Å². The summed E-state index contributed by atoms with van der Waals surface area (Å²) in [5, 5.41) is 12.8. The topological polar surface area (TPSA) is 123 Å². The van der Waals surface area contributed by atoms with Gasteiger partial charge in [-0.2, -0.15) is 4.68 Å². The number of nitrogen functional groups attached to an aromatic ring is 1. The average Bonchev–Trinajstić information content (AvgIpc) is 3.49. The lowest BCUT2D eigenvalue weighted by Crippen LogP contribution is -2.45. The fourth-order valence-electron chi connectivity index (χ4n) is 3.87. The van der Waals surface area contributed by atoms with Crippen molar-refractivity contribution in [1.82, 2.24) is 19.7 Å². The van der Waals surface area contributed by atoms with Gasteiger partial charge < -0.3 is 15.6 Å². The predicted molar refractivity (Wildman–Crippen MR) is 119 cm³/mol. The molecule has 9 nitrogen and oxygen atoms in total. The first-order valence-corrected chi connectivity index (χ1v) is 10.3. The van der Waals surface area contributed by atoms with Gasteiger partial charge >= 0.3 is 11.6 Å². The third-order valence-electron chi connectivity index (χ3n) is 5.26. The maximum atomic E-state index is 13.3. The van der Waals surface area contributed by atoms with E-state index in [0.29, 0.717) is 12.2 Å². The van der Waals surface area contributed by atoms with Crippen LogP contribution >= 0.6 is 11.6 Å². The number of nitrogens with two attached hydrogens (primary N) is 1. The Balaban J connectivity index is 1.90. The van der Waals surface area contributed by atoms with Gasteiger partial charge in [-0.15, -0.1) is 9.38 Å². The predicted octanol–water partition coefficient (Wildman–Crippen LogP) is 1.95. The Hall–Kier alpha value is -3.27. The summed E-state index contributed by atoms with van der Waals surface area (Å²) in [5.74, 6) is -0.254. The summed E-state index contributed by atoms with van der Waals surface area (Å²) in [6.45, 7) is 0.385. The molecule has 0 aliphatic carbocycles. The van der Waals surface area contributed by atoms with Crippen LogP contribution in [0.25, 0.3) is 28.0 Å². The highest BCUT2D eigenvalue weighted by Gasteiger charge is 2.28. The van der Waals surface area contributed by atoms with E-state index in [1.807, 2.05) is 0 Å². The van der Waals surface area contributed by atoms with Crippen molar-refractivity contribution in [2.45, 2.75) is 32.1 Å². The van der Waals surface area contributed by atoms with E-state index in [9.17, 15) is 9.90 Å². The second-order valence-electron chi connectivity index (χ2n) is 7.35. The van der Waals surface area contributed by atoms with E-state index in [2.05, 4.69) is 15.1 Å². The normalized spacial score (nSPS) is 18.3. The summed E-state index contributed by atoms with van der Waals surface area (Å²) in [4.78, 5) is 21.7. The van der Waals surface area contributed by atoms with Crippen LogP contribution in [0.2, 0.25) is 5.15 Å². The molecule has 1 aliphatic heterocycles. The first-order valence-electron chi connectivity index (χ1n) is 12.4. The van der Waals surface area contributed by atoms with Crippen molar-refractivity contribution in [3.63, 3.8) is 0 Å². The maximum absolute atomic E-state index is 13.3. The molecule has 0 radical (unpaired) electrons. The molecule has 3 aromatic heterocycles. The molecule has 1 atom stereocenters. The minimum Gasteiger partial charge on any atom is -0.390 e. The van der Waals surface area contributed by atoms with Gasteiger partial charge in [0, 0.05) is 12.2 Å². The van der Waals surface area contributed by atoms with Crippen LogP contribution in [0.15, 0.2) is 47.1 Å². The molecule has 5 rings (SSSR count). The van der Waals surface area contributed by atoms with Gasteiger partial charge in [0.2, 0.25) is 5.65 Å². The zero-order chi connectivity index (χ0) is 26.6. The number of aliphatic hydroxyl groups is 1. The van der Waals surface area contributed by atoms with Crippen molar-refractivity contribution in [2.24, 2.45) is 0 Å². The molecule has 1 saturated heterocycles. The largest absolute Gasteiger partial charge is 0.428 e. The van der Waals surface area contributed by atoms with Crippen LogP contribution in [0, 0.1) is 0 Å². The Morgan fingerprint density at radius 1 is 1.31 bits per heavy atom. The molecule has 1 aromatic carbocycles. The molecule has 0 amide bonds. The second-order valence-corrected chi connectivity index (χ2v) is 7.73. The van der Waals surface area contributed by atoms with Crippen LogP contribution in [0.3, 0.4) is 0 Å². The number of hydrogen-bond acceptors (Lipinski definition) is 6. The molecule has 4 aromatic rings. The molecule has 0 bridgehead atoms. The molecular formula is C22H22ClN6O3+. The summed E-state index contributed by atoms with van der Waals surface area (Å²) in [6, 6.07) is 0.316. The standard InChI is InChI=1S/C22H21ClN6O3/c23-17-10-14(9-15(12-30)25-17)18-19(13-5-2-1-3-6-13)26-21(24)29-20(18)27-28(22(29)31)11-16-7-4-8-32-16/h1-3,5-6,9-10,16,30H,4,7-8,11-12H2,(H2,24,25,26,27)/p+1/t16-/m1/s1/i1D,2D,3D,5D,6D. The van der Waals surface area contributed by atoms with E-state index in [4.69, 9.17) is 28.9 Å². The van der Waals surface area contributed by atoms with Gasteiger partial charge in [-0.05, 0) is 30.5 Å². The Kier molecular flexibility index (Phi) is 4.05. The molecule has 164 valence electrons. The maximum Gasteiger partial charge on any atom is 0.428 e. The molecule has 0 unspecified atom stereocenters. The zero-order valence-electron chi connectivity index (χ0n) is 21.8. The van der Waals surface area contributed by atoms with E-state index in [1.165, 1.54) is 16.8 Å². The van der Waals surface area contributed by atoms with Crippen molar-refractivity contribution in [3.8, 4) is 22.4 Å². The molecule has 10 heteroatoms. The van der Waals surface area contributed by atoms with E-state index < -0.39 is 42.5 Å². The minimum absolute atomic E-state index is 0.0321. The van der Waals surface area contributed by atoms with Crippen LogP contribution in [-0.2, 0) is 17.9 Å². The number of H-pyrrole nitrogens is 1. The first kappa shape index (κ1) is 15.5. The third-order valence-corrected chi connectivity index (χ3v) is 5.45. The quantitative estimate of drug-likeness (QED) is 0.310. The van der Waals surface area contributed by atoms with Gasteiger partial charge in [0.1, 0.15) is 17.4 Å². The van der Waals surface area contributed by atoms with Crippen molar-refractivity contribution in [3.05, 3.63) is 63.7 Å². The molecule has 1 aliphatic rings. The summed E-state index contributed by atoms with van der Waals surface area (Å²) < 4.78 is 49.3. The third kappa shape index (κ3) is 3.64. The molecule has 4 heterocycles. The number of aromatic amines is 1. The number of anilines is 1. The van der Waals surface area contributed by atoms with Crippen LogP contribution in [0.5, 0.6) is 0 Å². The van der Waals surface area contributed by atoms with Crippen molar-refractivity contribution in [2.75, 3.05) is 12.3 Å². The van der Waals surface area contributed by atoms with Crippen LogP contribution in [0.4, 0.5) is 5.95 Å². The first-order chi connectivity index (χ1) is 17.6. The lowest BCUT2D eigenvalue weighted by molar-refractivity contribution is -0.516. The fourth-order valence-corrected chi connectivity index (χ4v) is 4.10. The highest BCUT2D eigenvalue weighted by atomic mass is 35.5. The number of ether oxygens (including phenoxy) is 1. The summed E-state index contributed by atoms with van der Waals surface area (Å²) in [6.07, 6.45) is 1.47. The number of hydrogen-bond donors (Lipinski definition) is 3. The van der Waals surface area contributed by atoms with Gasteiger partial charge in [-0.25, -0.2) is 14.9 Å². The zero-order valence-corrected chi connectivity index (χ0v) is 17.5. The lowest BCUT2D eigenvalue weighted by atomic mass is 10.00.